The lowest BCUT2D eigenvalue weighted by molar-refractivity contribution is 0.343. The minimum Gasteiger partial charge on any atom is -0.318 e. The molecule has 6 aromatic rings. The summed E-state index contributed by atoms with van der Waals surface area (Å²) < 4.78 is 5.02. The second kappa shape index (κ2) is 9.55. The molecule has 1 fully saturated rings. The lowest BCUT2D eigenvalue weighted by Crippen LogP contribution is -2.31. The number of benzene rings is 4. The predicted molar refractivity (Wildman–Crippen MR) is 169 cm³/mol. The first-order chi connectivity index (χ1) is 19.5. The minimum absolute atomic E-state index is 0.0214. The van der Waals surface area contributed by atoms with Gasteiger partial charge in [-0.15, -0.1) is 0 Å². The van der Waals surface area contributed by atoms with Crippen molar-refractivity contribution in [3.8, 4) is 11.4 Å². The molecule has 2 heterocycles. The van der Waals surface area contributed by atoms with Crippen molar-refractivity contribution in [2.45, 2.75) is 65.2 Å². The van der Waals surface area contributed by atoms with Crippen molar-refractivity contribution in [2.24, 2.45) is 0 Å². The Morgan fingerprint density at radius 1 is 0.500 bits per heavy atom. The SMILES string of the molecule is Cc1cc(C2(c3cc(C)n(-c4cccc5ccccc45)c3C)CCCCC2)c(C)n1-c1cccc2ccccc12. The third kappa shape index (κ3) is 3.69. The van der Waals surface area contributed by atoms with Crippen LogP contribution < -0.4 is 0 Å². The Bertz CT molecular complexity index is 1730. The summed E-state index contributed by atoms with van der Waals surface area (Å²) in [5.41, 5.74) is 11.0. The van der Waals surface area contributed by atoms with Crippen LogP contribution in [0.1, 0.15) is 66.0 Å². The Balaban J connectivity index is 1.44. The van der Waals surface area contributed by atoms with E-state index in [-0.39, 0.29) is 5.41 Å². The summed E-state index contributed by atoms with van der Waals surface area (Å²) in [7, 11) is 0. The maximum Gasteiger partial charge on any atom is 0.0533 e. The third-order valence-electron chi connectivity index (χ3n) is 9.62. The molecule has 0 aliphatic heterocycles. The number of rotatable bonds is 4. The van der Waals surface area contributed by atoms with Gasteiger partial charge in [0.25, 0.3) is 0 Å². The summed E-state index contributed by atoms with van der Waals surface area (Å²) in [5, 5.41) is 5.20. The van der Waals surface area contributed by atoms with Crippen molar-refractivity contribution in [1.29, 1.82) is 0 Å². The smallest absolute Gasteiger partial charge is 0.0533 e. The van der Waals surface area contributed by atoms with Crippen LogP contribution in [0.25, 0.3) is 32.9 Å². The quantitative estimate of drug-likeness (QED) is 0.218. The first-order valence-electron chi connectivity index (χ1n) is 14.8. The summed E-state index contributed by atoms with van der Waals surface area (Å²) in [6, 6.07) is 36.0. The summed E-state index contributed by atoms with van der Waals surface area (Å²) >= 11 is 0. The van der Waals surface area contributed by atoms with E-state index in [4.69, 9.17) is 0 Å². The average Bonchev–Trinajstić information content (AvgIpc) is 3.46. The van der Waals surface area contributed by atoms with E-state index in [1.807, 2.05) is 0 Å². The molecule has 4 aromatic carbocycles. The highest BCUT2D eigenvalue weighted by atomic mass is 15.0. The van der Waals surface area contributed by atoms with E-state index in [1.165, 1.54) is 98.9 Å². The van der Waals surface area contributed by atoms with Crippen LogP contribution in [0.4, 0.5) is 0 Å². The topological polar surface area (TPSA) is 9.86 Å². The highest BCUT2D eigenvalue weighted by Gasteiger charge is 2.41. The van der Waals surface area contributed by atoms with Gasteiger partial charge in [-0.05, 0) is 86.7 Å². The van der Waals surface area contributed by atoms with Gasteiger partial charge in [-0.1, -0.05) is 92.1 Å². The molecular weight excluding hydrogens is 484 g/mol. The van der Waals surface area contributed by atoms with E-state index in [0.29, 0.717) is 0 Å². The molecule has 2 nitrogen and oxygen atoms in total. The normalized spacial score (nSPS) is 15.2. The molecule has 2 aromatic heterocycles. The van der Waals surface area contributed by atoms with Crippen molar-refractivity contribution >= 4 is 21.5 Å². The van der Waals surface area contributed by atoms with Crippen LogP contribution in [0.3, 0.4) is 0 Å². The average molecular weight is 523 g/mol. The van der Waals surface area contributed by atoms with Crippen LogP contribution in [0.5, 0.6) is 0 Å². The van der Waals surface area contributed by atoms with E-state index < -0.39 is 0 Å². The number of nitrogens with zero attached hydrogens (tertiary/aromatic N) is 2. The fourth-order valence-electron chi connectivity index (χ4n) is 7.88. The van der Waals surface area contributed by atoms with Gasteiger partial charge in [0.15, 0.2) is 0 Å². The molecule has 1 aliphatic carbocycles. The molecule has 0 saturated heterocycles. The monoisotopic (exact) mass is 522 g/mol. The lowest BCUT2D eigenvalue weighted by atomic mass is 9.65. The molecule has 0 unspecified atom stereocenters. The molecule has 1 saturated carbocycles. The fraction of sp³-hybridized carbons (Fsp3) is 0.263. The maximum absolute atomic E-state index is 2.51. The Hall–Kier alpha value is -4.04. The zero-order valence-electron chi connectivity index (χ0n) is 24.2. The number of hydrogen-bond acceptors (Lipinski definition) is 0. The van der Waals surface area contributed by atoms with Gasteiger partial charge in [0.2, 0.25) is 0 Å². The molecule has 0 spiro atoms. The summed E-state index contributed by atoms with van der Waals surface area (Å²) in [6.07, 6.45) is 6.27. The van der Waals surface area contributed by atoms with Crippen molar-refractivity contribution in [3.63, 3.8) is 0 Å². The summed E-state index contributed by atoms with van der Waals surface area (Å²) in [6.45, 7) is 9.27. The molecular formula is C38H38N2. The number of fused-ring (bicyclic) bond motifs is 2. The molecule has 40 heavy (non-hydrogen) atoms. The first kappa shape index (κ1) is 25.0. The van der Waals surface area contributed by atoms with Crippen LogP contribution in [0, 0.1) is 27.7 Å². The standard InChI is InChI=1S/C38H38N2/c1-26-24-34(28(3)39(26)36-20-12-16-30-14-6-8-18-32(30)36)38(22-10-5-11-23-38)35-25-27(2)40(29(35)4)37-21-13-17-31-15-7-9-19-33(31)37/h6-9,12-21,24-25H,5,10-11,22-23H2,1-4H3. The third-order valence-corrected chi connectivity index (χ3v) is 9.62. The van der Waals surface area contributed by atoms with Crippen molar-refractivity contribution < 1.29 is 0 Å². The van der Waals surface area contributed by atoms with E-state index in [9.17, 15) is 0 Å². The molecule has 0 atom stereocenters. The summed E-state index contributed by atoms with van der Waals surface area (Å²) in [5.74, 6) is 0. The number of aromatic nitrogens is 2. The van der Waals surface area contributed by atoms with E-state index >= 15 is 0 Å². The molecule has 200 valence electrons. The zero-order valence-corrected chi connectivity index (χ0v) is 24.2. The Labute approximate surface area is 237 Å². The van der Waals surface area contributed by atoms with E-state index in [0.717, 1.165) is 0 Å². The second-order valence-electron chi connectivity index (χ2n) is 11.9. The number of aryl methyl sites for hydroxylation is 2. The second-order valence-corrected chi connectivity index (χ2v) is 11.9. The molecule has 0 N–H and O–H groups in total. The molecule has 0 bridgehead atoms. The van der Waals surface area contributed by atoms with Crippen LogP contribution in [0.2, 0.25) is 0 Å². The van der Waals surface area contributed by atoms with E-state index in [1.54, 1.807) is 0 Å². The summed E-state index contributed by atoms with van der Waals surface area (Å²) in [4.78, 5) is 0. The highest BCUT2D eigenvalue weighted by Crippen LogP contribution is 2.49. The Morgan fingerprint density at radius 3 is 1.40 bits per heavy atom. The van der Waals surface area contributed by atoms with Crippen molar-refractivity contribution in [1.82, 2.24) is 9.13 Å². The van der Waals surface area contributed by atoms with Gasteiger partial charge in [-0.2, -0.15) is 0 Å². The predicted octanol–water partition coefficient (Wildman–Crippen LogP) is 10.1. The molecule has 2 heteroatoms. The van der Waals surface area contributed by atoms with Gasteiger partial charge in [0.1, 0.15) is 0 Å². The maximum atomic E-state index is 2.51. The van der Waals surface area contributed by atoms with Gasteiger partial charge in [0, 0.05) is 39.0 Å². The lowest BCUT2D eigenvalue weighted by Gasteiger charge is -2.38. The van der Waals surface area contributed by atoms with Crippen LogP contribution in [0.15, 0.2) is 97.1 Å². The van der Waals surface area contributed by atoms with E-state index in [2.05, 4.69) is 134 Å². The molecule has 7 rings (SSSR count). The van der Waals surface area contributed by atoms with Crippen molar-refractivity contribution in [2.75, 3.05) is 0 Å². The van der Waals surface area contributed by atoms with Gasteiger partial charge >= 0.3 is 0 Å². The Morgan fingerprint density at radius 2 is 0.925 bits per heavy atom. The Kier molecular flexibility index (Phi) is 5.96. The molecule has 1 aliphatic rings. The van der Waals surface area contributed by atoms with Gasteiger partial charge < -0.3 is 9.13 Å². The van der Waals surface area contributed by atoms with Crippen LogP contribution in [-0.2, 0) is 5.41 Å². The van der Waals surface area contributed by atoms with Gasteiger partial charge in [-0.25, -0.2) is 0 Å². The number of hydrogen-bond donors (Lipinski definition) is 0. The minimum atomic E-state index is 0.0214. The van der Waals surface area contributed by atoms with Crippen LogP contribution >= 0.6 is 0 Å². The van der Waals surface area contributed by atoms with Gasteiger partial charge in [0.05, 0.1) is 11.4 Å². The fourth-order valence-corrected chi connectivity index (χ4v) is 7.88. The first-order valence-corrected chi connectivity index (χ1v) is 14.8. The molecule has 0 amide bonds. The highest BCUT2D eigenvalue weighted by molar-refractivity contribution is 5.91. The van der Waals surface area contributed by atoms with Crippen molar-refractivity contribution in [3.05, 3.63) is 131 Å². The molecule has 0 radical (unpaired) electrons. The van der Waals surface area contributed by atoms with Crippen LogP contribution in [-0.4, -0.2) is 9.13 Å². The van der Waals surface area contributed by atoms with Gasteiger partial charge in [-0.3, -0.25) is 0 Å². The zero-order chi connectivity index (χ0) is 27.4. The largest absolute Gasteiger partial charge is 0.318 e.